The van der Waals surface area contributed by atoms with Crippen molar-refractivity contribution in [2.24, 2.45) is 0 Å². The minimum Gasteiger partial charge on any atom is -0.285 e. The molecule has 0 amide bonds. The zero-order valence-electron chi connectivity index (χ0n) is 5.16. The summed E-state index contributed by atoms with van der Waals surface area (Å²) in [6, 6.07) is 3.93. The average molecular weight is 149 g/mol. The van der Waals surface area contributed by atoms with Gasteiger partial charge >= 0.3 is 0 Å². The summed E-state index contributed by atoms with van der Waals surface area (Å²) in [5.41, 5.74) is 1.13. The molecule has 0 saturated carbocycles. The number of rotatable bonds is 1. The molecule has 0 fully saturated rings. The van der Waals surface area contributed by atoms with Gasteiger partial charge in [0, 0.05) is 22.0 Å². The lowest BCUT2D eigenvalue weighted by Gasteiger charge is -1.83. The van der Waals surface area contributed by atoms with Crippen molar-refractivity contribution in [2.45, 2.75) is 0 Å². The molecule has 0 aromatic carbocycles. The fourth-order valence-electron chi connectivity index (χ4n) is 0.782. The molecule has 0 saturated heterocycles. The van der Waals surface area contributed by atoms with Crippen LogP contribution in [0.25, 0.3) is 10.4 Å². The Bertz CT molecular complexity index is 251. The minimum absolute atomic E-state index is 1.13. The lowest BCUT2D eigenvalue weighted by atomic mass is 10.3. The van der Waals surface area contributed by atoms with Gasteiger partial charge in [-0.3, -0.25) is 5.10 Å². The Hall–Kier alpha value is -1.09. The molecule has 2 aromatic rings. The highest BCUT2D eigenvalue weighted by Crippen LogP contribution is 2.21. The minimum atomic E-state index is 1.13. The molecule has 0 atom stereocenters. The van der Waals surface area contributed by atoms with Crippen LogP contribution >= 0.6 is 11.3 Å². The molecule has 0 aliphatic heterocycles. The van der Waals surface area contributed by atoms with Crippen LogP contribution in [0.2, 0.25) is 0 Å². The molecular weight excluding hydrogens is 144 g/mol. The molecule has 0 spiro atoms. The maximum atomic E-state index is 3.85. The predicted molar refractivity (Wildman–Crippen MR) is 40.7 cm³/mol. The molecule has 10 heavy (non-hydrogen) atoms. The normalized spacial score (nSPS) is 10.0. The summed E-state index contributed by atoms with van der Waals surface area (Å²) in [5, 5.41) is 9.62. The van der Waals surface area contributed by atoms with Gasteiger partial charge in [0.25, 0.3) is 0 Å². The first-order chi connectivity index (χ1) is 4.97. The number of aromatic amines is 1. The molecule has 1 N–H and O–H groups in total. The van der Waals surface area contributed by atoms with Gasteiger partial charge in [-0.25, -0.2) is 0 Å². The first-order valence-electron chi connectivity index (χ1n) is 2.92. The van der Waals surface area contributed by atoms with Crippen LogP contribution in [-0.4, -0.2) is 10.2 Å². The Kier molecular flexibility index (Phi) is 1.29. The molecule has 1 radical (unpaired) electrons. The fourth-order valence-corrected chi connectivity index (χ4v) is 1.41. The molecule has 0 aliphatic rings. The van der Waals surface area contributed by atoms with Gasteiger partial charge in [0.1, 0.15) is 0 Å². The standard InChI is InChI=1S/C7H5N2S/c1-2-7(10-3-1)6-4-8-9-5-6/h1-2,4-5H,(H,8,9). The number of aromatic nitrogens is 2. The average Bonchev–Trinajstić information content (AvgIpc) is 2.59. The van der Waals surface area contributed by atoms with E-state index in [0.717, 1.165) is 5.56 Å². The lowest BCUT2D eigenvalue weighted by Crippen LogP contribution is -1.59. The molecule has 2 nitrogen and oxygen atoms in total. The summed E-state index contributed by atoms with van der Waals surface area (Å²) < 4.78 is 0. The van der Waals surface area contributed by atoms with E-state index >= 15 is 0 Å². The number of nitrogens with one attached hydrogen (secondary N) is 1. The number of nitrogens with zero attached hydrogens (tertiary/aromatic N) is 1. The summed E-state index contributed by atoms with van der Waals surface area (Å²) in [6.45, 7) is 0. The molecular formula is C7H5N2S. The third-order valence-corrected chi connectivity index (χ3v) is 2.10. The summed E-state index contributed by atoms with van der Waals surface area (Å²) in [6.07, 6.45) is 3.68. The fraction of sp³-hybridized carbons (Fsp3) is 0. The van der Waals surface area contributed by atoms with Crippen LogP contribution in [0.5, 0.6) is 0 Å². The van der Waals surface area contributed by atoms with Gasteiger partial charge in [0.05, 0.1) is 6.20 Å². The maximum absolute atomic E-state index is 3.85. The molecule has 3 heteroatoms. The number of hydrogen-bond acceptors (Lipinski definition) is 2. The van der Waals surface area contributed by atoms with E-state index in [0.29, 0.717) is 0 Å². The Morgan fingerprint density at radius 3 is 3.20 bits per heavy atom. The van der Waals surface area contributed by atoms with Gasteiger partial charge < -0.3 is 0 Å². The zero-order chi connectivity index (χ0) is 6.81. The topological polar surface area (TPSA) is 28.7 Å². The van der Waals surface area contributed by atoms with Gasteiger partial charge in [-0.2, -0.15) is 5.10 Å². The van der Waals surface area contributed by atoms with E-state index in [1.165, 1.54) is 4.88 Å². The van der Waals surface area contributed by atoms with Gasteiger partial charge in [0.15, 0.2) is 0 Å². The van der Waals surface area contributed by atoms with E-state index in [1.54, 1.807) is 17.5 Å². The molecule has 2 heterocycles. The largest absolute Gasteiger partial charge is 0.285 e. The van der Waals surface area contributed by atoms with Crippen LogP contribution in [0.4, 0.5) is 0 Å². The number of thiophene rings is 1. The highest BCUT2D eigenvalue weighted by Gasteiger charge is 1.96. The van der Waals surface area contributed by atoms with E-state index in [1.807, 2.05) is 18.3 Å². The summed E-state index contributed by atoms with van der Waals surface area (Å²) >= 11 is 1.60. The van der Waals surface area contributed by atoms with Crippen LogP contribution in [-0.2, 0) is 0 Å². The Labute approximate surface area is 62.5 Å². The van der Waals surface area contributed by atoms with Crippen molar-refractivity contribution in [1.29, 1.82) is 0 Å². The van der Waals surface area contributed by atoms with Crippen LogP contribution in [0.15, 0.2) is 24.5 Å². The van der Waals surface area contributed by atoms with Crippen molar-refractivity contribution >= 4 is 11.3 Å². The molecule has 0 bridgehead atoms. The van der Waals surface area contributed by atoms with Gasteiger partial charge in [-0.15, -0.1) is 11.3 Å². The highest BCUT2D eigenvalue weighted by molar-refractivity contribution is 7.13. The monoisotopic (exact) mass is 149 g/mol. The SMILES string of the molecule is [c]1ccc(-c2cn[nH]c2)s1. The van der Waals surface area contributed by atoms with Crippen LogP contribution in [0.1, 0.15) is 0 Å². The van der Waals surface area contributed by atoms with Crippen molar-refractivity contribution < 1.29 is 0 Å². The zero-order valence-corrected chi connectivity index (χ0v) is 5.98. The van der Waals surface area contributed by atoms with E-state index in [2.05, 4.69) is 15.6 Å². The number of hydrogen-bond donors (Lipinski definition) is 1. The molecule has 2 rings (SSSR count). The molecule has 2 aromatic heterocycles. The third-order valence-electron chi connectivity index (χ3n) is 1.25. The molecule has 0 aliphatic carbocycles. The van der Waals surface area contributed by atoms with E-state index in [4.69, 9.17) is 0 Å². The smallest absolute Gasteiger partial charge is 0.0573 e. The van der Waals surface area contributed by atoms with Gasteiger partial charge in [-0.05, 0) is 12.1 Å². The van der Waals surface area contributed by atoms with Crippen molar-refractivity contribution in [2.75, 3.05) is 0 Å². The highest BCUT2D eigenvalue weighted by atomic mass is 32.1. The van der Waals surface area contributed by atoms with Crippen LogP contribution in [0.3, 0.4) is 0 Å². The second-order valence-electron chi connectivity index (χ2n) is 1.90. The Balaban J connectivity index is 2.48. The third kappa shape index (κ3) is 0.844. The Morgan fingerprint density at radius 1 is 1.60 bits per heavy atom. The quantitative estimate of drug-likeness (QED) is 0.659. The van der Waals surface area contributed by atoms with Crippen molar-refractivity contribution in [3.63, 3.8) is 0 Å². The van der Waals surface area contributed by atoms with E-state index < -0.39 is 0 Å². The molecule has 49 valence electrons. The molecule has 0 unspecified atom stereocenters. The van der Waals surface area contributed by atoms with E-state index in [9.17, 15) is 0 Å². The first-order valence-corrected chi connectivity index (χ1v) is 3.73. The van der Waals surface area contributed by atoms with E-state index in [-0.39, 0.29) is 0 Å². The van der Waals surface area contributed by atoms with Crippen molar-refractivity contribution in [1.82, 2.24) is 10.2 Å². The van der Waals surface area contributed by atoms with Crippen molar-refractivity contribution in [3.05, 3.63) is 29.9 Å². The van der Waals surface area contributed by atoms with Gasteiger partial charge in [-0.1, -0.05) is 0 Å². The lowest BCUT2D eigenvalue weighted by molar-refractivity contribution is 1.09. The second kappa shape index (κ2) is 2.27. The predicted octanol–water partition coefficient (Wildman–Crippen LogP) is 1.94. The van der Waals surface area contributed by atoms with Crippen LogP contribution < -0.4 is 0 Å². The Morgan fingerprint density at radius 2 is 2.60 bits per heavy atom. The number of H-pyrrole nitrogens is 1. The van der Waals surface area contributed by atoms with Crippen LogP contribution in [0, 0.1) is 5.38 Å². The first kappa shape index (κ1) is 5.68. The second-order valence-corrected chi connectivity index (χ2v) is 2.78. The maximum Gasteiger partial charge on any atom is 0.0573 e. The van der Waals surface area contributed by atoms with Gasteiger partial charge in [0.2, 0.25) is 0 Å². The summed E-state index contributed by atoms with van der Waals surface area (Å²) in [7, 11) is 0. The summed E-state index contributed by atoms with van der Waals surface area (Å²) in [5.74, 6) is 0. The van der Waals surface area contributed by atoms with Crippen molar-refractivity contribution in [3.8, 4) is 10.4 Å². The summed E-state index contributed by atoms with van der Waals surface area (Å²) in [4.78, 5) is 1.20.